The Morgan fingerprint density at radius 1 is 1.20 bits per heavy atom. The van der Waals surface area contributed by atoms with Crippen molar-refractivity contribution in [3.63, 3.8) is 0 Å². The molecule has 1 atom stereocenters. The number of nitrogens with zero attached hydrogens (tertiary/aromatic N) is 1. The van der Waals surface area contributed by atoms with Gasteiger partial charge in [-0.2, -0.15) is 0 Å². The van der Waals surface area contributed by atoms with Gasteiger partial charge in [0.2, 0.25) is 0 Å². The molecule has 0 fully saturated rings. The Hall–Kier alpha value is -1.79. The summed E-state index contributed by atoms with van der Waals surface area (Å²) in [6.07, 6.45) is 3.09. The molecule has 1 aromatic carbocycles. The molecule has 0 bridgehead atoms. The number of likely N-dealkylation sites (N-methyl/N-ethyl adjacent to an activating group) is 1. The third-order valence-electron chi connectivity index (χ3n) is 3.17. The van der Waals surface area contributed by atoms with Crippen LogP contribution in [-0.2, 0) is 6.54 Å². The lowest BCUT2D eigenvalue weighted by Gasteiger charge is -2.27. The Kier molecular flexibility index (Phi) is 4.46. The van der Waals surface area contributed by atoms with Gasteiger partial charge in [0.25, 0.3) is 0 Å². The molecule has 1 unspecified atom stereocenters. The fourth-order valence-electron chi connectivity index (χ4n) is 2.12. The molecule has 2 rings (SSSR count). The Morgan fingerprint density at radius 2 is 1.90 bits per heavy atom. The summed E-state index contributed by atoms with van der Waals surface area (Å²) in [5.74, 6) is -3.10. The SMILES string of the molecule is CN(Cc1ccoc1)C(CN)c1cc(F)c(F)cc1F. The third-order valence-corrected chi connectivity index (χ3v) is 3.17. The highest BCUT2D eigenvalue weighted by atomic mass is 19.2. The number of nitrogens with two attached hydrogens (primary N) is 1. The first-order valence-electron chi connectivity index (χ1n) is 6.08. The van der Waals surface area contributed by atoms with Gasteiger partial charge in [-0.15, -0.1) is 0 Å². The Bertz CT molecular complexity index is 572. The fourth-order valence-corrected chi connectivity index (χ4v) is 2.12. The lowest BCUT2D eigenvalue weighted by molar-refractivity contribution is 0.235. The predicted molar refractivity (Wildman–Crippen MR) is 68.3 cm³/mol. The van der Waals surface area contributed by atoms with E-state index in [1.54, 1.807) is 24.3 Å². The molecule has 0 spiro atoms. The van der Waals surface area contributed by atoms with Crippen molar-refractivity contribution in [1.82, 2.24) is 4.90 Å². The van der Waals surface area contributed by atoms with Crippen molar-refractivity contribution in [2.75, 3.05) is 13.6 Å². The zero-order valence-electron chi connectivity index (χ0n) is 10.9. The average molecular weight is 284 g/mol. The molecule has 6 heteroatoms. The first-order valence-corrected chi connectivity index (χ1v) is 6.08. The molecule has 1 heterocycles. The summed E-state index contributed by atoms with van der Waals surface area (Å²) >= 11 is 0. The quantitative estimate of drug-likeness (QED) is 0.858. The van der Waals surface area contributed by atoms with E-state index in [9.17, 15) is 13.2 Å². The Morgan fingerprint density at radius 3 is 2.50 bits per heavy atom. The number of hydrogen-bond donors (Lipinski definition) is 1. The summed E-state index contributed by atoms with van der Waals surface area (Å²) < 4.78 is 45.0. The van der Waals surface area contributed by atoms with Gasteiger partial charge in [0.1, 0.15) is 5.82 Å². The molecule has 3 nitrogen and oxygen atoms in total. The lowest BCUT2D eigenvalue weighted by Crippen LogP contribution is -2.31. The second kappa shape index (κ2) is 6.11. The normalized spacial score (nSPS) is 12.9. The van der Waals surface area contributed by atoms with E-state index in [-0.39, 0.29) is 12.1 Å². The topological polar surface area (TPSA) is 42.4 Å². The van der Waals surface area contributed by atoms with Gasteiger partial charge in [-0.25, -0.2) is 13.2 Å². The second-order valence-electron chi connectivity index (χ2n) is 4.59. The maximum absolute atomic E-state index is 13.8. The van der Waals surface area contributed by atoms with E-state index in [0.29, 0.717) is 12.6 Å². The average Bonchev–Trinajstić information content (AvgIpc) is 2.89. The van der Waals surface area contributed by atoms with Crippen LogP contribution in [-0.4, -0.2) is 18.5 Å². The third kappa shape index (κ3) is 3.02. The smallest absolute Gasteiger partial charge is 0.161 e. The van der Waals surface area contributed by atoms with E-state index in [1.807, 2.05) is 0 Å². The molecule has 0 radical (unpaired) electrons. The van der Waals surface area contributed by atoms with E-state index in [1.165, 1.54) is 6.26 Å². The molecule has 2 aromatic rings. The van der Waals surface area contributed by atoms with Gasteiger partial charge in [0, 0.05) is 30.3 Å². The van der Waals surface area contributed by atoms with Crippen molar-refractivity contribution in [2.24, 2.45) is 5.73 Å². The molecule has 0 saturated heterocycles. The van der Waals surface area contributed by atoms with Crippen LogP contribution in [0.4, 0.5) is 13.2 Å². The summed E-state index contributed by atoms with van der Waals surface area (Å²) in [5, 5.41) is 0. The monoisotopic (exact) mass is 284 g/mol. The van der Waals surface area contributed by atoms with Crippen LogP contribution >= 0.6 is 0 Å². The van der Waals surface area contributed by atoms with Gasteiger partial charge in [0.05, 0.1) is 18.6 Å². The number of hydrogen-bond acceptors (Lipinski definition) is 3. The van der Waals surface area contributed by atoms with E-state index < -0.39 is 23.5 Å². The summed E-state index contributed by atoms with van der Waals surface area (Å²) in [4.78, 5) is 1.75. The van der Waals surface area contributed by atoms with Crippen molar-refractivity contribution < 1.29 is 17.6 Å². The van der Waals surface area contributed by atoms with Crippen molar-refractivity contribution in [1.29, 1.82) is 0 Å². The minimum atomic E-state index is -1.21. The first kappa shape index (κ1) is 14.6. The largest absolute Gasteiger partial charge is 0.472 e. The van der Waals surface area contributed by atoms with Crippen LogP contribution in [0.1, 0.15) is 17.2 Å². The molecular weight excluding hydrogens is 269 g/mol. The van der Waals surface area contributed by atoms with E-state index in [4.69, 9.17) is 10.2 Å². The Labute approximate surface area is 114 Å². The van der Waals surface area contributed by atoms with Crippen molar-refractivity contribution >= 4 is 0 Å². The lowest BCUT2D eigenvalue weighted by atomic mass is 10.0. The van der Waals surface area contributed by atoms with Crippen LogP contribution in [0.2, 0.25) is 0 Å². The van der Waals surface area contributed by atoms with Gasteiger partial charge in [-0.05, 0) is 19.2 Å². The minimum absolute atomic E-state index is 0.0393. The van der Waals surface area contributed by atoms with E-state index >= 15 is 0 Å². The zero-order valence-corrected chi connectivity index (χ0v) is 10.9. The van der Waals surface area contributed by atoms with Crippen LogP contribution in [0.15, 0.2) is 35.1 Å². The van der Waals surface area contributed by atoms with Crippen molar-refractivity contribution in [2.45, 2.75) is 12.6 Å². The second-order valence-corrected chi connectivity index (χ2v) is 4.59. The van der Waals surface area contributed by atoms with Gasteiger partial charge in [-0.3, -0.25) is 4.90 Å². The molecule has 108 valence electrons. The highest BCUT2D eigenvalue weighted by Crippen LogP contribution is 2.25. The van der Waals surface area contributed by atoms with Crippen molar-refractivity contribution in [3.05, 3.63) is 59.3 Å². The summed E-state index contributed by atoms with van der Waals surface area (Å²) in [7, 11) is 1.73. The summed E-state index contributed by atoms with van der Waals surface area (Å²) in [6, 6.07) is 2.61. The fraction of sp³-hybridized carbons (Fsp3) is 0.286. The zero-order chi connectivity index (χ0) is 14.7. The van der Waals surface area contributed by atoms with Crippen LogP contribution in [0.25, 0.3) is 0 Å². The maximum Gasteiger partial charge on any atom is 0.161 e. The highest BCUT2D eigenvalue weighted by molar-refractivity contribution is 5.24. The van der Waals surface area contributed by atoms with Gasteiger partial charge < -0.3 is 10.2 Å². The minimum Gasteiger partial charge on any atom is -0.472 e. The van der Waals surface area contributed by atoms with E-state index in [0.717, 1.165) is 11.6 Å². The summed E-state index contributed by atoms with van der Waals surface area (Å²) in [6.45, 7) is 0.535. The molecule has 0 saturated carbocycles. The maximum atomic E-state index is 13.8. The van der Waals surface area contributed by atoms with Crippen molar-refractivity contribution in [3.8, 4) is 0 Å². The van der Waals surface area contributed by atoms with Crippen LogP contribution < -0.4 is 5.73 Å². The van der Waals surface area contributed by atoms with E-state index in [2.05, 4.69) is 0 Å². The van der Waals surface area contributed by atoms with Gasteiger partial charge in [-0.1, -0.05) is 0 Å². The predicted octanol–water partition coefficient (Wildman–Crippen LogP) is 2.83. The number of halogens is 3. The van der Waals surface area contributed by atoms with Crippen LogP contribution in [0, 0.1) is 17.5 Å². The van der Waals surface area contributed by atoms with Gasteiger partial charge >= 0.3 is 0 Å². The van der Waals surface area contributed by atoms with Crippen LogP contribution in [0.5, 0.6) is 0 Å². The molecule has 2 N–H and O–H groups in total. The first-order chi connectivity index (χ1) is 9.52. The van der Waals surface area contributed by atoms with Crippen LogP contribution in [0.3, 0.4) is 0 Å². The van der Waals surface area contributed by atoms with Gasteiger partial charge in [0.15, 0.2) is 11.6 Å². The number of rotatable bonds is 5. The molecule has 0 aliphatic carbocycles. The molecule has 1 aromatic heterocycles. The molecule has 0 amide bonds. The molecule has 20 heavy (non-hydrogen) atoms. The number of benzene rings is 1. The highest BCUT2D eigenvalue weighted by Gasteiger charge is 2.21. The molecular formula is C14H15F3N2O. The molecule has 0 aliphatic rings. The Balaban J connectivity index is 2.25. The summed E-state index contributed by atoms with van der Waals surface area (Å²) in [5.41, 5.74) is 6.57. The standard InChI is InChI=1S/C14H15F3N2O/c1-19(7-9-2-3-20-8-9)14(6-18)10-4-12(16)13(17)5-11(10)15/h2-5,8,14H,6-7,18H2,1H3. The number of furan rings is 1. The molecule has 0 aliphatic heterocycles.